The Bertz CT molecular complexity index is 563. The number of hydrogen-bond acceptors (Lipinski definition) is 3. The molecule has 0 atom stereocenters. The largest absolute Gasteiger partial charge is 0.316 e. The number of nitrogens with zero attached hydrogens (tertiary/aromatic N) is 1. The minimum Gasteiger partial charge on any atom is -0.316 e. The minimum absolute atomic E-state index is 0.160. The van der Waals surface area contributed by atoms with Crippen molar-refractivity contribution in [3.05, 3.63) is 29.3 Å². The lowest BCUT2D eigenvalue weighted by Gasteiger charge is -2.24. The standard InChI is InChI=1S/C15H24N2O2S/c1-12-8-9-13(11-16-2)10-15(12)20(18,19)17(3)14-6-4-5-7-14/h8-10,14,16H,4-7,11H2,1-3H3. The molecule has 1 aromatic rings. The molecule has 0 unspecified atom stereocenters. The molecule has 4 nitrogen and oxygen atoms in total. The van der Waals surface area contributed by atoms with Crippen LogP contribution in [0.1, 0.15) is 36.8 Å². The summed E-state index contributed by atoms with van der Waals surface area (Å²) in [6.45, 7) is 2.54. The van der Waals surface area contributed by atoms with Crippen molar-refractivity contribution in [1.82, 2.24) is 9.62 Å². The van der Waals surface area contributed by atoms with Gasteiger partial charge in [0, 0.05) is 19.6 Å². The maximum Gasteiger partial charge on any atom is 0.243 e. The molecule has 112 valence electrons. The molecule has 0 saturated heterocycles. The molecule has 0 heterocycles. The second kappa shape index (κ2) is 6.24. The zero-order valence-electron chi connectivity index (χ0n) is 12.5. The van der Waals surface area contributed by atoms with Crippen LogP contribution < -0.4 is 5.32 Å². The zero-order valence-corrected chi connectivity index (χ0v) is 13.3. The van der Waals surface area contributed by atoms with Crippen LogP contribution >= 0.6 is 0 Å². The van der Waals surface area contributed by atoms with Crippen LogP contribution in [0.5, 0.6) is 0 Å². The third kappa shape index (κ3) is 3.05. The van der Waals surface area contributed by atoms with Gasteiger partial charge in [-0.25, -0.2) is 8.42 Å². The summed E-state index contributed by atoms with van der Waals surface area (Å²) < 4.78 is 27.2. The Morgan fingerprint density at radius 2 is 1.95 bits per heavy atom. The van der Waals surface area contributed by atoms with Crippen LogP contribution in [0, 0.1) is 6.92 Å². The maximum atomic E-state index is 12.8. The quantitative estimate of drug-likeness (QED) is 0.907. The molecular weight excluding hydrogens is 272 g/mol. The average molecular weight is 296 g/mol. The Balaban J connectivity index is 2.34. The summed E-state index contributed by atoms with van der Waals surface area (Å²) in [6.07, 6.45) is 4.21. The number of hydrogen-bond donors (Lipinski definition) is 1. The maximum absolute atomic E-state index is 12.8. The van der Waals surface area contributed by atoms with E-state index in [1.54, 1.807) is 17.4 Å². The summed E-state index contributed by atoms with van der Waals surface area (Å²) in [6, 6.07) is 5.82. The SMILES string of the molecule is CNCc1ccc(C)c(S(=O)(=O)N(C)C2CCCC2)c1. The van der Waals surface area contributed by atoms with E-state index in [1.165, 1.54) is 0 Å². The predicted octanol–water partition coefficient (Wildman–Crippen LogP) is 2.28. The van der Waals surface area contributed by atoms with Crippen molar-refractivity contribution in [2.45, 2.75) is 50.1 Å². The Kier molecular flexibility index (Phi) is 4.83. The monoisotopic (exact) mass is 296 g/mol. The molecule has 1 saturated carbocycles. The summed E-state index contributed by atoms with van der Waals surface area (Å²) >= 11 is 0. The van der Waals surface area contributed by atoms with E-state index in [9.17, 15) is 8.42 Å². The van der Waals surface area contributed by atoms with E-state index >= 15 is 0 Å². The van der Waals surface area contributed by atoms with Gasteiger partial charge in [0.15, 0.2) is 0 Å². The van der Waals surface area contributed by atoms with E-state index in [4.69, 9.17) is 0 Å². The van der Waals surface area contributed by atoms with Crippen LogP contribution in [-0.4, -0.2) is 32.9 Å². The first-order chi connectivity index (χ1) is 9.46. The summed E-state index contributed by atoms with van der Waals surface area (Å²) in [4.78, 5) is 0.444. The fourth-order valence-electron chi connectivity index (χ4n) is 2.86. The molecule has 0 aliphatic heterocycles. The Hall–Kier alpha value is -0.910. The Labute approximate surface area is 122 Å². The van der Waals surface area contributed by atoms with Gasteiger partial charge in [0.25, 0.3) is 0 Å². The average Bonchev–Trinajstić information content (AvgIpc) is 2.94. The highest BCUT2D eigenvalue weighted by Crippen LogP contribution is 2.28. The second-order valence-electron chi connectivity index (χ2n) is 5.59. The normalized spacial score (nSPS) is 17.0. The molecule has 1 fully saturated rings. The molecule has 2 rings (SSSR count). The van der Waals surface area contributed by atoms with Gasteiger partial charge in [0.05, 0.1) is 4.90 Å². The lowest BCUT2D eigenvalue weighted by atomic mass is 10.1. The molecule has 1 aliphatic carbocycles. The van der Waals surface area contributed by atoms with Gasteiger partial charge in [0.2, 0.25) is 10.0 Å². The van der Waals surface area contributed by atoms with Crippen molar-refractivity contribution in [3.63, 3.8) is 0 Å². The van der Waals surface area contributed by atoms with Crippen LogP contribution in [0.3, 0.4) is 0 Å². The van der Waals surface area contributed by atoms with Crippen molar-refractivity contribution in [2.24, 2.45) is 0 Å². The van der Waals surface area contributed by atoms with Gasteiger partial charge in [-0.05, 0) is 44.0 Å². The third-order valence-electron chi connectivity index (χ3n) is 4.13. The fourth-order valence-corrected chi connectivity index (χ4v) is 4.54. The molecule has 20 heavy (non-hydrogen) atoms. The summed E-state index contributed by atoms with van der Waals surface area (Å²) in [7, 11) is 0.189. The fraction of sp³-hybridized carbons (Fsp3) is 0.600. The van der Waals surface area contributed by atoms with Gasteiger partial charge in [-0.2, -0.15) is 4.31 Å². The van der Waals surface area contributed by atoms with Crippen molar-refractivity contribution >= 4 is 10.0 Å². The molecule has 0 bridgehead atoms. The molecule has 0 radical (unpaired) electrons. The number of benzene rings is 1. The molecule has 0 spiro atoms. The number of nitrogens with one attached hydrogen (secondary N) is 1. The van der Waals surface area contributed by atoms with E-state index in [0.717, 1.165) is 36.8 Å². The van der Waals surface area contributed by atoms with Gasteiger partial charge in [0.1, 0.15) is 0 Å². The van der Waals surface area contributed by atoms with E-state index in [-0.39, 0.29) is 6.04 Å². The van der Waals surface area contributed by atoms with Crippen LogP contribution in [-0.2, 0) is 16.6 Å². The number of sulfonamides is 1. The van der Waals surface area contributed by atoms with E-state index in [0.29, 0.717) is 11.4 Å². The topological polar surface area (TPSA) is 49.4 Å². The van der Waals surface area contributed by atoms with E-state index in [2.05, 4.69) is 5.32 Å². The van der Waals surface area contributed by atoms with Crippen LogP contribution in [0.2, 0.25) is 0 Å². The molecule has 0 aromatic heterocycles. The van der Waals surface area contributed by atoms with Crippen molar-refractivity contribution < 1.29 is 8.42 Å². The first-order valence-corrected chi connectivity index (χ1v) is 8.63. The van der Waals surface area contributed by atoms with Gasteiger partial charge in [-0.3, -0.25) is 0 Å². The molecule has 1 N–H and O–H groups in total. The molecular formula is C15H24N2O2S. The van der Waals surface area contributed by atoms with Crippen LogP contribution in [0.25, 0.3) is 0 Å². The molecule has 5 heteroatoms. The summed E-state index contributed by atoms with van der Waals surface area (Å²) in [5.74, 6) is 0. The smallest absolute Gasteiger partial charge is 0.243 e. The third-order valence-corrected chi connectivity index (χ3v) is 6.18. The van der Waals surface area contributed by atoms with Gasteiger partial charge < -0.3 is 5.32 Å². The van der Waals surface area contributed by atoms with Crippen molar-refractivity contribution in [1.29, 1.82) is 0 Å². The van der Waals surface area contributed by atoms with Crippen LogP contribution in [0.15, 0.2) is 23.1 Å². The molecule has 1 aromatic carbocycles. The highest BCUT2D eigenvalue weighted by Gasteiger charge is 2.30. The van der Waals surface area contributed by atoms with E-state index < -0.39 is 10.0 Å². The molecule has 1 aliphatic rings. The van der Waals surface area contributed by atoms with E-state index in [1.807, 2.05) is 26.1 Å². The lowest BCUT2D eigenvalue weighted by Crippen LogP contribution is -2.35. The Morgan fingerprint density at radius 3 is 2.55 bits per heavy atom. The number of aryl methyl sites for hydroxylation is 1. The van der Waals surface area contributed by atoms with Crippen LogP contribution in [0.4, 0.5) is 0 Å². The second-order valence-corrected chi connectivity index (χ2v) is 7.56. The summed E-state index contributed by atoms with van der Waals surface area (Å²) in [5.41, 5.74) is 1.81. The van der Waals surface area contributed by atoms with Gasteiger partial charge in [-0.15, -0.1) is 0 Å². The number of rotatable bonds is 5. The highest BCUT2D eigenvalue weighted by atomic mass is 32.2. The van der Waals surface area contributed by atoms with Crippen molar-refractivity contribution in [2.75, 3.05) is 14.1 Å². The first kappa shape index (κ1) is 15.5. The minimum atomic E-state index is -3.39. The molecule has 0 amide bonds. The highest BCUT2D eigenvalue weighted by molar-refractivity contribution is 7.89. The van der Waals surface area contributed by atoms with Crippen molar-refractivity contribution in [3.8, 4) is 0 Å². The predicted molar refractivity (Wildman–Crippen MR) is 81.1 cm³/mol. The zero-order chi connectivity index (χ0) is 14.8. The lowest BCUT2D eigenvalue weighted by molar-refractivity contribution is 0.372. The Morgan fingerprint density at radius 1 is 1.30 bits per heavy atom. The van der Waals surface area contributed by atoms with Gasteiger partial charge >= 0.3 is 0 Å². The first-order valence-electron chi connectivity index (χ1n) is 7.19. The van der Waals surface area contributed by atoms with Gasteiger partial charge in [-0.1, -0.05) is 25.0 Å². The summed E-state index contributed by atoms with van der Waals surface area (Å²) in [5, 5.41) is 3.06.